The van der Waals surface area contributed by atoms with Crippen LogP contribution in [-0.4, -0.2) is 13.2 Å². The van der Waals surface area contributed by atoms with Crippen LogP contribution in [0.4, 0.5) is 0 Å². The highest BCUT2D eigenvalue weighted by molar-refractivity contribution is 9.11. The van der Waals surface area contributed by atoms with Gasteiger partial charge in [0.2, 0.25) is 0 Å². The van der Waals surface area contributed by atoms with Crippen molar-refractivity contribution in [1.82, 2.24) is 0 Å². The zero-order chi connectivity index (χ0) is 15.3. The maximum absolute atomic E-state index is 5.76. The summed E-state index contributed by atoms with van der Waals surface area (Å²) < 4.78 is 12.4. The average molecular weight is 356 g/mol. The smallest absolute Gasteiger partial charge is 0.163 e. The molecule has 1 aliphatic rings. The van der Waals surface area contributed by atoms with Gasteiger partial charge in [0.1, 0.15) is 0 Å². The highest BCUT2D eigenvalue weighted by Gasteiger charge is 2.15. The van der Waals surface area contributed by atoms with Crippen molar-refractivity contribution in [2.75, 3.05) is 13.2 Å². The standard InChI is InChI=1S/C18H28BrO2/c1-3-5-7-9-13-20-16-11-12-18(17(19)15-16)21-14-10-8-6-4-2/h12,15H,3-10,13-14H2,1-2H3. The quantitative estimate of drug-likeness (QED) is 0.313. The van der Waals surface area contributed by atoms with Crippen LogP contribution in [0.2, 0.25) is 0 Å². The lowest BCUT2D eigenvalue weighted by atomic mass is 10.2. The molecule has 1 rings (SSSR count). The Morgan fingerprint density at radius 1 is 0.905 bits per heavy atom. The lowest BCUT2D eigenvalue weighted by molar-refractivity contribution is 0.173. The molecule has 0 aromatic carbocycles. The Morgan fingerprint density at radius 2 is 1.52 bits per heavy atom. The van der Waals surface area contributed by atoms with E-state index >= 15 is 0 Å². The second-order valence-electron chi connectivity index (χ2n) is 5.33. The summed E-state index contributed by atoms with van der Waals surface area (Å²) in [5.41, 5.74) is 3.14. The van der Waals surface area contributed by atoms with E-state index in [4.69, 9.17) is 9.47 Å². The first-order valence-corrected chi connectivity index (χ1v) is 9.04. The van der Waals surface area contributed by atoms with E-state index in [0.717, 1.165) is 42.4 Å². The number of hydrogen-bond acceptors (Lipinski definition) is 2. The third kappa shape index (κ3) is 8.50. The van der Waals surface area contributed by atoms with E-state index in [2.05, 4.69) is 35.5 Å². The molecule has 0 bridgehead atoms. The van der Waals surface area contributed by atoms with Crippen LogP contribution in [-0.2, 0) is 9.47 Å². The van der Waals surface area contributed by atoms with Crippen molar-refractivity contribution in [2.45, 2.75) is 65.2 Å². The number of halogens is 1. The van der Waals surface area contributed by atoms with Gasteiger partial charge in [-0.1, -0.05) is 74.0 Å². The van der Waals surface area contributed by atoms with Gasteiger partial charge in [0.15, 0.2) is 11.9 Å². The van der Waals surface area contributed by atoms with Crippen LogP contribution in [0.15, 0.2) is 28.1 Å². The van der Waals surface area contributed by atoms with Crippen LogP contribution >= 0.6 is 15.9 Å². The third-order valence-corrected chi connectivity index (χ3v) is 3.97. The average Bonchev–Trinajstić information content (AvgIpc) is 2.48. The summed E-state index contributed by atoms with van der Waals surface area (Å²) in [6, 6.07) is 0. The number of hydrogen-bond donors (Lipinski definition) is 0. The molecule has 2 nitrogen and oxygen atoms in total. The molecule has 3 heteroatoms. The van der Waals surface area contributed by atoms with Gasteiger partial charge in [0.25, 0.3) is 0 Å². The predicted octanol–water partition coefficient (Wildman–Crippen LogP) is 6.04. The van der Waals surface area contributed by atoms with Gasteiger partial charge in [-0.25, -0.2) is 0 Å². The van der Waals surface area contributed by atoms with Crippen LogP contribution in [0.5, 0.6) is 0 Å². The minimum atomic E-state index is 0.764. The van der Waals surface area contributed by atoms with E-state index in [-0.39, 0.29) is 0 Å². The molecular weight excluding hydrogens is 328 g/mol. The molecule has 21 heavy (non-hydrogen) atoms. The van der Waals surface area contributed by atoms with E-state index in [9.17, 15) is 0 Å². The number of rotatable bonds is 12. The molecule has 0 heterocycles. The van der Waals surface area contributed by atoms with Crippen molar-refractivity contribution in [3.63, 3.8) is 0 Å². The molecule has 1 aliphatic carbocycles. The molecule has 0 aromatic rings. The first-order valence-electron chi connectivity index (χ1n) is 8.24. The topological polar surface area (TPSA) is 18.5 Å². The summed E-state index contributed by atoms with van der Waals surface area (Å²) in [4.78, 5) is 0. The second kappa shape index (κ2) is 12.1. The van der Waals surface area contributed by atoms with Gasteiger partial charge in [-0.05, 0) is 12.8 Å². The summed E-state index contributed by atoms with van der Waals surface area (Å²) in [5.74, 6) is 0.789. The zero-order valence-electron chi connectivity index (χ0n) is 13.4. The predicted molar refractivity (Wildman–Crippen MR) is 92.0 cm³/mol. The second-order valence-corrected chi connectivity index (χ2v) is 6.18. The maximum atomic E-state index is 5.76. The monoisotopic (exact) mass is 355 g/mol. The summed E-state index contributed by atoms with van der Waals surface area (Å²) in [6.07, 6.45) is 14.4. The Hall–Kier alpha value is -0.500. The molecule has 0 fully saturated rings. The largest absolute Gasteiger partial charge is 0.486 e. The fourth-order valence-corrected chi connectivity index (χ4v) is 2.49. The fraction of sp³-hybridized carbons (Fsp3) is 0.667. The Morgan fingerprint density at radius 3 is 2.10 bits per heavy atom. The van der Waals surface area contributed by atoms with Gasteiger partial charge in [-0.2, -0.15) is 0 Å². The Kier molecular flexibility index (Phi) is 10.7. The highest BCUT2D eigenvalue weighted by atomic mass is 79.9. The first kappa shape index (κ1) is 18.5. The van der Waals surface area contributed by atoms with Gasteiger partial charge in [0.05, 0.1) is 6.61 Å². The van der Waals surface area contributed by atoms with Crippen molar-refractivity contribution in [3.8, 4) is 0 Å². The van der Waals surface area contributed by atoms with Gasteiger partial charge in [-0.3, -0.25) is 0 Å². The van der Waals surface area contributed by atoms with Crippen molar-refractivity contribution < 1.29 is 9.47 Å². The molecule has 0 aromatic heterocycles. The van der Waals surface area contributed by atoms with Gasteiger partial charge < -0.3 is 9.47 Å². The molecule has 0 unspecified atom stereocenters. The summed E-state index contributed by atoms with van der Waals surface area (Å²) in [6.45, 7) is 5.96. The van der Waals surface area contributed by atoms with Crippen LogP contribution in [0, 0.1) is 6.10 Å². The van der Waals surface area contributed by atoms with Crippen molar-refractivity contribution in [3.05, 3.63) is 34.2 Å². The van der Waals surface area contributed by atoms with E-state index in [1.807, 2.05) is 12.2 Å². The van der Waals surface area contributed by atoms with E-state index in [1.165, 1.54) is 38.5 Å². The van der Waals surface area contributed by atoms with Crippen LogP contribution in [0.25, 0.3) is 0 Å². The SMILES string of the molecule is CCCCCCO[C]1C=C=C(OCCCCCC)C=C1Br. The molecular formula is C18H28BrO2. The molecule has 0 atom stereocenters. The fourth-order valence-electron chi connectivity index (χ4n) is 2.05. The van der Waals surface area contributed by atoms with Crippen LogP contribution in [0.1, 0.15) is 65.2 Å². The number of unbranched alkanes of at least 4 members (excludes halogenated alkanes) is 6. The molecule has 0 saturated carbocycles. The maximum Gasteiger partial charge on any atom is 0.163 e. The van der Waals surface area contributed by atoms with Crippen molar-refractivity contribution in [2.24, 2.45) is 0 Å². The lowest BCUT2D eigenvalue weighted by Gasteiger charge is -2.15. The van der Waals surface area contributed by atoms with Gasteiger partial charge in [-0.15, -0.1) is 0 Å². The summed E-state index contributed by atoms with van der Waals surface area (Å²) in [5, 5.41) is 0. The third-order valence-electron chi connectivity index (χ3n) is 3.35. The molecule has 119 valence electrons. The normalized spacial score (nSPS) is 15.0. The van der Waals surface area contributed by atoms with E-state index < -0.39 is 0 Å². The highest BCUT2D eigenvalue weighted by Crippen LogP contribution is 2.28. The van der Waals surface area contributed by atoms with Gasteiger partial charge in [0, 0.05) is 23.2 Å². The Bertz CT molecular complexity index is 367. The first-order chi connectivity index (χ1) is 10.3. The Labute approximate surface area is 138 Å². The van der Waals surface area contributed by atoms with E-state index in [0.29, 0.717) is 0 Å². The Balaban J connectivity index is 2.24. The van der Waals surface area contributed by atoms with Crippen molar-refractivity contribution in [1.29, 1.82) is 0 Å². The zero-order valence-corrected chi connectivity index (χ0v) is 15.0. The summed E-state index contributed by atoms with van der Waals surface area (Å²) >= 11 is 3.54. The van der Waals surface area contributed by atoms with E-state index in [1.54, 1.807) is 0 Å². The minimum Gasteiger partial charge on any atom is -0.486 e. The molecule has 0 N–H and O–H groups in total. The molecule has 0 saturated heterocycles. The molecule has 0 spiro atoms. The molecule has 1 radical (unpaired) electrons. The lowest BCUT2D eigenvalue weighted by Crippen LogP contribution is -2.05. The number of ether oxygens (including phenoxy) is 2. The van der Waals surface area contributed by atoms with Crippen LogP contribution in [0.3, 0.4) is 0 Å². The van der Waals surface area contributed by atoms with Crippen molar-refractivity contribution >= 4 is 15.9 Å². The van der Waals surface area contributed by atoms with Gasteiger partial charge >= 0.3 is 0 Å². The minimum absolute atomic E-state index is 0.764. The molecule has 0 amide bonds. The van der Waals surface area contributed by atoms with Crippen LogP contribution < -0.4 is 0 Å². The molecule has 0 aliphatic heterocycles. The summed E-state index contributed by atoms with van der Waals surface area (Å²) in [7, 11) is 0.